The Kier molecular flexibility index (Phi) is 9.48. The standard InChI is InChI=1S/C7H15N3O3.ClH/c1-13-6(11)5(8)3-2-4-10-7(9)12;/h5H,2-4,8H2,1H3,(H3,9,10,12);1H. The Morgan fingerprint density at radius 1 is 1.50 bits per heavy atom. The first-order valence-electron chi connectivity index (χ1n) is 3.94. The summed E-state index contributed by atoms with van der Waals surface area (Å²) in [5.41, 5.74) is 10.2. The van der Waals surface area contributed by atoms with Gasteiger partial charge in [-0.25, -0.2) is 4.79 Å². The molecule has 2 amide bonds. The average molecular weight is 226 g/mol. The first-order valence-corrected chi connectivity index (χ1v) is 3.94. The highest BCUT2D eigenvalue weighted by Crippen LogP contribution is 1.94. The van der Waals surface area contributed by atoms with Crippen molar-refractivity contribution in [3.05, 3.63) is 0 Å². The van der Waals surface area contributed by atoms with E-state index in [-0.39, 0.29) is 12.4 Å². The number of urea groups is 1. The van der Waals surface area contributed by atoms with Crippen LogP contribution in [-0.2, 0) is 9.53 Å². The molecule has 0 saturated heterocycles. The van der Waals surface area contributed by atoms with Gasteiger partial charge < -0.3 is 21.5 Å². The van der Waals surface area contributed by atoms with Gasteiger partial charge in [-0.3, -0.25) is 4.79 Å². The molecule has 7 heteroatoms. The SMILES string of the molecule is COC(=O)C(N)CCCNC(N)=O.Cl. The first kappa shape index (κ1) is 15.5. The Balaban J connectivity index is 0. The lowest BCUT2D eigenvalue weighted by Gasteiger charge is -2.08. The average Bonchev–Trinajstić information content (AvgIpc) is 2.10. The number of hydrogen-bond donors (Lipinski definition) is 3. The minimum atomic E-state index is -0.625. The summed E-state index contributed by atoms with van der Waals surface area (Å²) in [6.07, 6.45) is 1.06. The predicted octanol–water partition coefficient (Wildman–Crippen LogP) is -0.643. The number of amides is 2. The normalized spacial score (nSPS) is 11.0. The van der Waals surface area contributed by atoms with E-state index in [2.05, 4.69) is 10.1 Å². The monoisotopic (exact) mass is 225 g/mol. The molecule has 0 saturated carbocycles. The van der Waals surface area contributed by atoms with Crippen LogP contribution in [0.2, 0.25) is 0 Å². The first-order chi connectivity index (χ1) is 6.07. The minimum absolute atomic E-state index is 0. The van der Waals surface area contributed by atoms with E-state index < -0.39 is 18.0 Å². The van der Waals surface area contributed by atoms with E-state index in [0.29, 0.717) is 19.4 Å². The third-order valence-corrected chi connectivity index (χ3v) is 1.50. The smallest absolute Gasteiger partial charge is 0.322 e. The highest BCUT2D eigenvalue weighted by Gasteiger charge is 2.12. The molecular weight excluding hydrogens is 210 g/mol. The number of nitrogens with two attached hydrogens (primary N) is 2. The van der Waals surface area contributed by atoms with Crippen LogP contribution in [0.1, 0.15) is 12.8 Å². The van der Waals surface area contributed by atoms with Gasteiger partial charge in [0.1, 0.15) is 6.04 Å². The maximum absolute atomic E-state index is 10.8. The van der Waals surface area contributed by atoms with Crippen molar-refractivity contribution in [2.45, 2.75) is 18.9 Å². The van der Waals surface area contributed by atoms with Gasteiger partial charge in [0.15, 0.2) is 0 Å². The second kappa shape index (κ2) is 8.58. The highest BCUT2D eigenvalue weighted by molar-refractivity contribution is 5.85. The summed E-state index contributed by atoms with van der Waals surface area (Å²) in [6.45, 7) is 0.417. The van der Waals surface area contributed by atoms with E-state index >= 15 is 0 Å². The molecule has 5 N–H and O–H groups in total. The molecule has 0 heterocycles. The fourth-order valence-electron chi connectivity index (χ4n) is 0.803. The molecule has 0 radical (unpaired) electrons. The van der Waals surface area contributed by atoms with Crippen molar-refractivity contribution in [2.75, 3.05) is 13.7 Å². The second-order valence-electron chi connectivity index (χ2n) is 2.56. The lowest BCUT2D eigenvalue weighted by Crippen LogP contribution is -2.34. The van der Waals surface area contributed by atoms with E-state index in [0.717, 1.165) is 0 Å². The lowest BCUT2D eigenvalue weighted by atomic mass is 10.2. The van der Waals surface area contributed by atoms with Crippen LogP contribution >= 0.6 is 12.4 Å². The molecule has 0 rings (SSSR count). The summed E-state index contributed by atoms with van der Waals surface area (Å²) >= 11 is 0. The minimum Gasteiger partial charge on any atom is -0.468 e. The zero-order valence-corrected chi connectivity index (χ0v) is 8.80. The van der Waals surface area contributed by atoms with Crippen LogP contribution in [0.4, 0.5) is 4.79 Å². The number of methoxy groups -OCH3 is 1. The van der Waals surface area contributed by atoms with Crippen LogP contribution in [0, 0.1) is 0 Å². The van der Waals surface area contributed by atoms with E-state index in [4.69, 9.17) is 11.5 Å². The van der Waals surface area contributed by atoms with E-state index in [9.17, 15) is 9.59 Å². The molecule has 1 unspecified atom stereocenters. The third-order valence-electron chi connectivity index (χ3n) is 1.50. The molecule has 0 fully saturated rings. The highest BCUT2D eigenvalue weighted by atomic mass is 35.5. The summed E-state index contributed by atoms with van der Waals surface area (Å²) in [7, 11) is 1.28. The second-order valence-corrected chi connectivity index (χ2v) is 2.56. The number of carbonyl (C=O) groups excluding carboxylic acids is 2. The summed E-state index contributed by atoms with van der Waals surface area (Å²) < 4.78 is 4.41. The van der Waals surface area contributed by atoms with Gasteiger partial charge in [-0.15, -0.1) is 12.4 Å². The van der Waals surface area contributed by atoms with Crippen molar-refractivity contribution in [1.82, 2.24) is 5.32 Å². The number of ether oxygens (including phenoxy) is 1. The van der Waals surface area contributed by atoms with Crippen LogP contribution in [-0.4, -0.2) is 31.7 Å². The molecule has 0 aliphatic heterocycles. The number of nitrogens with one attached hydrogen (secondary N) is 1. The fourth-order valence-corrected chi connectivity index (χ4v) is 0.803. The summed E-state index contributed by atoms with van der Waals surface area (Å²) in [4.78, 5) is 21.0. The number of rotatable bonds is 5. The summed E-state index contributed by atoms with van der Waals surface area (Å²) in [5, 5.41) is 2.39. The molecule has 0 aliphatic rings. The van der Waals surface area contributed by atoms with Crippen LogP contribution in [0.25, 0.3) is 0 Å². The van der Waals surface area contributed by atoms with Gasteiger partial charge in [-0.2, -0.15) is 0 Å². The van der Waals surface area contributed by atoms with E-state index in [1.54, 1.807) is 0 Å². The van der Waals surface area contributed by atoms with Crippen molar-refractivity contribution in [3.63, 3.8) is 0 Å². The Labute approximate surface area is 88.7 Å². The van der Waals surface area contributed by atoms with Crippen molar-refractivity contribution < 1.29 is 14.3 Å². The van der Waals surface area contributed by atoms with Crippen LogP contribution in [0.3, 0.4) is 0 Å². The molecule has 0 aromatic rings. The van der Waals surface area contributed by atoms with E-state index in [1.807, 2.05) is 0 Å². The zero-order chi connectivity index (χ0) is 10.3. The van der Waals surface area contributed by atoms with Crippen molar-refractivity contribution in [1.29, 1.82) is 0 Å². The molecule has 14 heavy (non-hydrogen) atoms. The topological polar surface area (TPSA) is 107 Å². The molecule has 0 bridgehead atoms. The van der Waals surface area contributed by atoms with E-state index in [1.165, 1.54) is 7.11 Å². The van der Waals surface area contributed by atoms with Gasteiger partial charge in [0.05, 0.1) is 7.11 Å². The van der Waals surface area contributed by atoms with Crippen molar-refractivity contribution >= 4 is 24.4 Å². The maximum Gasteiger partial charge on any atom is 0.322 e. The van der Waals surface area contributed by atoms with Crippen LogP contribution in [0.15, 0.2) is 0 Å². The molecule has 1 atom stereocenters. The summed E-state index contributed by atoms with van der Waals surface area (Å²) in [6, 6.07) is -1.20. The Bertz CT molecular complexity index is 189. The fraction of sp³-hybridized carbons (Fsp3) is 0.714. The maximum atomic E-state index is 10.8. The molecule has 84 valence electrons. The Hall–Kier alpha value is -1.01. The van der Waals surface area contributed by atoms with Gasteiger partial charge in [0, 0.05) is 6.54 Å². The zero-order valence-electron chi connectivity index (χ0n) is 7.99. The Morgan fingerprint density at radius 3 is 2.50 bits per heavy atom. The molecular formula is C7H16ClN3O3. The Morgan fingerprint density at radius 2 is 2.07 bits per heavy atom. The number of carbonyl (C=O) groups is 2. The molecule has 0 aliphatic carbocycles. The van der Waals surface area contributed by atoms with Crippen molar-refractivity contribution in [3.8, 4) is 0 Å². The lowest BCUT2D eigenvalue weighted by molar-refractivity contribution is -0.142. The van der Waals surface area contributed by atoms with Gasteiger partial charge in [0.2, 0.25) is 0 Å². The number of esters is 1. The van der Waals surface area contributed by atoms with Gasteiger partial charge in [0.25, 0.3) is 0 Å². The number of primary amides is 1. The van der Waals surface area contributed by atoms with Gasteiger partial charge >= 0.3 is 12.0 Å². The summed E-state index contributed by atoms with van der Waals surface area (Å²) in [5.74, 6) is -0.445. The van der Waals surface area contributed by atoms with Gasteiger partial charge in [-0.1, -0.05) is 0 Å². The molecule has 6 nitrogen and oxygen atoms in total. The number of halogens is 1. The molecule has 0 spiro atoms. The van der Waals surface area contributed by atoms with Crippen LogP contribution in [0.5, 0.6) is 0 Å². The molecule has 0 aromatic heterocycles. The quantitative estimate of drug-likeness (QED) is 0.427. The molecule has 0 aromatic carbocycles. The third kappa shape index (κ3) is 7.63. The largest absolute Gasteiger partial charge is 0.468 e. The number of hydrogen-bond acceptors (Lipinski definition) is 4. The predicted molar refractivity (Wildman–Crippen MR) is 54.1 cm³/mol. The van der Waals surface area contributed by atoms with Crippen molar-refractivity contribution in [2.24, 2.45) is 11.5 Å². The van der Waals surface area contributed by atoms with Gasteiger partial charge in [-0.05, 0) is 12.8 Å². The van der Waals surface area contributed by atoms with Crippen LogP contribution < -0.4 is 16.8 Å².